The molecular weight excluding hydrogens is 388 g/mol. The van der Waals surface area contributed by atoms with E-state index in [-0.39, 0.29) is 30.5 Å². The van der Waals surface area contributed by atoms with Gasteiger partial charge in [0.25, 0.3) is 0 Å². The van der Waals surface area contributed by atoms with Crippen molar-refractivity contribution in [2.75, 3.05) is 0 Å². The summed E-state index contributed by atoms with van der Waals surface area (Å²) in [6, 6.07) is 9.94. The van der Waals surface area contributed by atoms with Crippen molar-refractivity contribution in [3.63, 3.8) is 0 Å². The third-order valence-corrected chi connectivity index (χ3v) is 6.83. The molecule has 3 rings (SSSR count). The van der Waals surface area contributed by atoms with Crippen LogP contribution in [0.25, 0.3) is 10.1 Å². The smallest absolute Gasteiger partial charge is 0.303 e. The molecule has 1 aliphatic carbocycles. The molecule has 5 nitrogen and oxygen atoms in total. The quantitative estimate of drug-likeness (QED) is 0.392. The van der Waals surface area contributed by atoms with Crippen molar-refractivity contribution in [3.8, 4) is 0 Å². The van der Waals surface area contributed by atoms with Gasteiger partial charge in [-0.15, -0.1) is 11.3 Å². The first kappa shape index (κ1) is 21.7. The number of aliphatic carboxylic acids is 1. The topological polar surface area (TPSA) is 94.8 Å². The standard InChI is InChI=1S/C23H28O5S/c24-18(22-13-15-7-5-6-9-21(15)29-22)12-11-17-16(19(25)14-20(17)26)8-3-1-2-4-10-23(27)28/h5-7,9,11-13,16-18,20,24,26H,1-4,8,10,14H2,(H,27,28)/b12-11+/t16-,17-,18-,20-/m1/s1. The van der Waals surface area contributed by atoms with Crippen LogP contribution in [0, 0.1) is 11.8 Å². The van der Waals surface area contributed by atoms with Gasteiger partial charge in [0.1, 0.15) is 11.9 Å². The minimum Gasteiger partial charge on any atom is -0.481 e. The van der Waals surface area contributed by atoms with E-state index in [4.69, 9.17) is 5.11 Å². The normalized spacial score (nSPS) is 23.2. The number of Topliss-reactive ketones (excluding diaryl/α,β-unsaturated/α-hetero) is 1. The van der Waals surface area contributed by atoms with E-state index in [1.165, 1.54) is 0 Å². The molecule has 1 aromatic heterocycles. The van der Waals surface area contributed by atoms with Crippen LogP contribution in [0.1, 0.15) is 55.9 Å². The summed E-state index contributed by atoms with van der Waals surface area (Å²) in [5.74, 6) is -1.20. The second-order valence-corrected chi connectivity index (χ2v) is 8.90. The second kappa shape index (κ2) is 10.1. The van der Waals surface area contributed by atoms with Crippen LogP contribution in [0.15, 0.2) is 42.5 Å². The highest BCUT2D eigenvalue weighted by atomic mass is 32.1. The van der Waals surface area contributed by atoms with Gasteiger partial charge < -0.3 is 15.3 Å². The zero-order valence-corrected chi connectivity index (χ0v) is 17.2. The van der Waals surface area contributed by atoms with E-state index in [0.29, 0.717) is 12.8 Å². The number of aliphatic hydroxyl groups is 2. The van der Waals surface area contributed by atoms with Gasteiger partial charge in [-0.1, -0.05) is 49.6 Å². The Balaban J connectivity index is 1.56. The van der Waals surface area contributed by atoms with Crippen molar-refractivity contribution >= 4 is 33.2 Å². The summed E-state index contributed by atoms with van der Waals surface area (Å²) in [7, 11) is 0. The highest BCUT2D eigenvalue weighted by molar-refractivity contribution is 7.19. The summed E-state index contributed by atoms with van der Waals surface area (Å²) in [5, 5.41) is 30.6. The highest BCUT2D eigenvalue weighted by Crippen LogP contribution is 2.36. The lowest BCUT2D eigenvalue weighted by Crippen LogP contribution is -2.18. The summed E-state index contributed by atoms with van der Waals surface area (Å²) < 4.78 is 1.12. The van der Waals surface area contributed by atoms with E-state index in [9.17, 15) is 19.8 Å². The first-order chi connectivity index (χ1) is 14.0. The molecule has 1 heterocycles. The summed E-state index contributed by atoms with van der Waals surface area (Å²) in [6.45, 7) is 0. The number of carbonyl (C=O) groups is 2. The monoisotopic (exact) mass is 416 g/mol. The van der Waals surface area contributed by atoms with Crippen molar-refractivity contribution in [2.24, 2.45) is 11.8 Å². The number of ketones is 1. The van der Waals surface area contributed by atoms with Gasteiger partial charge in [0.2, 0.25) is 0 Å². The minimum atomic E-state index is -0.776. The molecule has 0 aliphatic heterocycles. The molecule has 156 valence electrons. The van der Waals surface area contributed by atoms with Gasteiger partial charge in [-0.3, -0.25) is 9.59 Å². The van der Waals surface area contributed by atoms with E-state index in [1.807, 2.05) is 30.3 Å². The summed E-state index contributed by atoms with van der Waals surface area (Å²) >= 11 is 1.54. The number of thiophene rings is 1. The SMILES string of the molecule is O=C(O)CCCCCC[C@H]1C(=O)C[C@@H](O)[C@@H]1/C=C/[C@@H](O)c1cc2ccccc2s1. The lowest BCUT2D eigenvalue weighted by Gasteiger charge is -2.18. The van der Waals surface area contributed by atoms with Gasteiger partial charge in [0, 0.05) is 34.3 Å². The number of carboxylic acids is 1. The first-order valence-corrected chi connectivity index (χ1v) is 11.0. The molecule has 4 atom stereocenters. The Morgan fingerprint density at radius 1 is 1.21 bits per heavy atom. The molecule has 1 saturated carbocycles. The Morgan fingerprint density at radius 3 is 2.72 bits per heavy atom. The van der Waals surface area contributed by atoms with Crippen LogP contribution in [0.4, 0.5) is 0 Å². The molecule has 29 heavy (non-hydrogen) atoms. The molecule has 0 amide bonds. The fourth-order valence-electron chi connectivity index (χ4n) is 4.06. The predicted octanol–water partition coefficient (Wildman–Crippen LogP) is 4.48. The van der Waals surface area contributed by atoms with E-state index in [2.05, 4.69) is 0 Å². The average molecular weight is 417 g/mol. The molecule has 6 heteroatoms. The number of hydrogen-bond acceptors (Lipinski definition) is 5. The largest absolute Gasteiger partial charge is 0.481 e. The molecule has 1 aliphatic rings. The molecule has 1 aromatic carbocycles. The van der Waals surface area contributed by atoms with Gasteiger partial charge in [0.15, 0.2) is 0 Å². The Labute approximate surface area is 174 Å². The van der Waals surface area contributed by atoms with Crippen molar-refractivity contribution in [1.82, 2.24) is 0 Å². The third-order valence-electron chi connectivity index (χ3n) is 5.64. The number of carbonyl (C=O) groups excluding carboxylic acids is 1. The molecule has 0 radical (unpaired) electrons. The Bertz CT molecular complexity index is 838. The third kappa shape index (κ3) is 5.75. The zero-order valence-electron chi connectivity index (χ0n) is 16.4. The first-order valence-electron chi connectivity index (χ1n) is 10.2. The number of rotatable bonds is 10. The maximum Gasteiger partial charge on any atom is 0.303 e. The molecule has 1 fully saturated rings. The van der Waals surface area contributed by atoms with Crippen LogP contribution in [-0.4, -0.2) is 33.2 Å². The number of fused-ring (bicyclic) bond motifs is 1. The number of carboxylic acid groups (broad SMARTS) is 1. The van der Waals surface area contributed by atoms with Crippen LogP contribution >= 0.6 is 11.3 Å². The van der Waals surface area contributed by atoms with Crippen molar-refractivity contribution in [3.05, 3.63) is 47.4 Å². The lowest BCUT2D eigenvalue weighted by atomic mass is 9.88. The van der Waals surface area contributed by atoms with E-state index in [1.54, 1.807) is 23.5 Å². The summed E-state index contributed by atoms with van der Waals surface area (Å²) in [4.78, 5) is 23.7. The van der Waals surface area contributed by atoms with Crippen molar-refractivity contribution < 1.29 is 24.9 Å². The minimum absolute atomic E-state index is 0.0778. The van der Waals surface area contributed by atoms with Crippen molar-refractivity contribution in [2.45, 2.75) is 57.2 Å². The van der Waals surface area contributed by atoms with E-state index in [0.717, 1.165) is 34.2 Å². The van der Waals surface area contributed by atoms with Gasteiger partial charge in [-0.2, -0.15) is 0 Å². The molecular formula is C23H28O5S. The average Bonchev–Trinajstić information content (AvgIpc) is 3.23. The molecule has 0 bridgehead atoms. The molecule has 0 spiro atoms. The van der Waals surface area contributed by atoms with Crippen molar-refractivity contribution in [1.29, 1.82) is 0 Å². The van der Waals surface area contributed by atoms with Crippen LogP contribution in [0.5, 0.6) is 0 Å². The van der Waals surface area contributed by atoms with Gasteiger partial charge in [-0.25, -0.2) is 0 Å². The summed E-state index contributed by atoms with van der Waals surface area (Å²) in [5.41, 5.74) is 0. The van der Waals surface area contributed by atoms with Crippen LogP contribution in [0.2, 0.25) is 0 Å². The number of hydrogen-bond donors (Lipinski definition) is 3. The van der Waals surface area contributed by atoms with E-state index < -0.39 is 18.2 Å². The maximum atomic E-state index is 12.3. The van der Waals surface area contributed by atoms with Gasteiger partial charge in [0.05, 0.1) is 6.10 Å². The number of benzene rings is 1. The number of aliphatic hydroxyl groups excluding tert-OH is 2. The molecule has 0 saturated heterocycles. The molecule has 2 aromatic rings. The fourth-order valence-corrected chi connectivity index (χ4v) is 5.09. The highest BCUT2D eigenvalue weighted by Gasteiger charge is 2.39. The molecule has 0 unspecified atom stereocenters. The molecule has 3 N–H and O–H groups in total. The van der Waals surface area contributed by atoms with Gasteiger partial charge >= 0.3 is 5.97 Å². The second-order valence-electron chi connectivity index (χ2n) is 7.78. The zero-order chi connectivity index (χ0) is 20.8. The predicted molar refractivity (Wildman–Crippen MR) is 114 cm³/mol. The fraction of sp³-hybridized carbons (Fsp3) is 0.478. The maximum absolute atomic E-state index is 12.3. The van der Waals surface area contributed by atoms with Crippen LogP contribution in [-0.2, 0) is 9.59 Å². The Kier molecular flexibility index (Phi) is 7.58. The van der Waals surface area contributed by atoms with Crippen LogP contribution < -0.4 is 0 Å². The lowest BCUT2D eigenvalue weighted by molar-refractivity contribution is -0.137. The van der Waals surface area contributed by atoms with Gasteiger partial charge in [-0.05, 0) is 30.4 Å². The van der Waals surface area contributed by atoms with E-state index >= 15 is 0 Å². The Hall–Kier alpha value is -2.02. The number of unbranched alkanes of at least 4 members (excludes halogenated alkanes) is 3. The summed E-state index contributed by atoms with van der Waals surface area (Å²) in [6.07, 6.45) is 6.28. The van der Waals surface area contributed by atoms with Crippen LogP contribution in [0.3, 0.4) is 0 Å². The Morgan fingerprint density at radius 2 is 1.97 bits per heavy atom.